The third kappa shape index (κ3) is 2.73. The number of carboxylic acid groups (broad SMARTS) is 1. The van der Waals surface area contributed by atoms with E-state index >= 15 is 0 Å². The van der Waals surface area contributed by atoms with E-state index in [4.69, 9.17) is 5.11 Å². The van der Waals surface area contributed by atoms with Gasteiger partial charge in [-0.25, -0.2) is 9.18 Å². The van der Waals surface area contributed by atoms with Crippen LogP contribution in [0.25, 0.3) is 11.1 Å². The molecule has 19 heavy (non-hydrogen) atoms. The van der Waals surface area contributed by atoms with E-state index in [9.17, 15) is 9.18 Å². The molecule has 0 aliphatic rings. The molecule has 0 bridgehead atoms. The third-order valence-electron chi connectivity index (χ3n) is 2.91. The van der Waals surface area contributed by atoms with Crippen molar-refractivity contribution < 1.29 is 14.3 Å². The maximum Gasteiger partial charge on any atom is 0.336 e. The van der Waals surface area contributed by atoms with E-state index in [0.29, 0.717) is 11.1 Å². The molecule has 4 heteroatoms. The molecule has 0 saturated carbocycles. The highest BCUT2D eigenvalue weighted by Gasteiger charge is 2.12. The van der Waals surface area contributed by atoms with Crippen molar-refractivity contribution >= 4 is 11.7 Å². The first kappa shape index (κ1) is 13.1. The van der Waals surface area contributed by atoms with Crippen LogP contribution < -0.4 is 4.90 Å². The van der Waals surface area contributed by atoms with Crippen LogP contribution in [0.4, 0.5) is 10.1 Å². The zero-order valence-electron chi connectivity index (χ0n) is 10.7. The summed E-state index contributed by atoms with van der Waals surface area (Å²) in [7, 11) is 3.83. The van der Waals surface area contributed by atoms with Gasteiger partial charge in [0.15, 0.2) is 0 Å². The molecule has 2 rings (SSSR count). The van der Waals surface area contributed by atoms with Gasteiger partial charge in [-0.05, 0) is 41.5 Å². The molecule has 0 fully saturated rings. The van der Waals surface area contributed by atoms with Crippen LogP contribution in [0.2, 0.25) is 0 Å². The molecule has 0 spiro atoms. The molecule has 0 aliphatic carbocycles. The minimum Gasteiger partial charge on any atom is -0.478 e. The first-order valence-electron chi connectivity index (χ1n) is 5.79. The average Bonchev–Trinajstić information content (AvgIpc) is 2.38. The fourth-order valence-electron chi connectivity index (χ4n) is 1.88. The van der Waals surface area contributed by atoms with Crippen LogP contribution in [-0.2, 0) is 0 Å². The maximum absolute atomic E-state index is 13.3. The number of anilines is 1. The quantitative estimate of drug-likeness (QED) is 0.919. The molecule has 0 amide bonds. The summed E-state index contributed by atoms with van der Waals surface area (Å²) in [6, 6.07) is 11.0. The summed E-state index contributed by atoms with van der Waals surface area (Å²) < 4.78 is 13.3. The molecule has 1 N–H and O–H groups in total. The van der Waals surface area contributed by atoms with E-state index in [1.54, 1.807) is 12.1 Å². The lowest BCUT2D eigenvalue weighted by Crippen LogP contribution is -2.08. The van der Waals surface area contributed by atoms with Gasteiger partial charge in [-0.15, -0.1) is 0 Å². The number of halogens is 1. The molecule has 0 saturated heterocycles. The second-order valence-corrected chi connectivity index (χ2v) is 4.44. The van der Waals surface area contributed by atoms with Crippen molar-refractivity contribution in [1.82, 2.24) is 0 Å². The van der Waals surface area contributed by atoms with E-state index < -0.39 is 11.8 Å². The first-order chi connectivity index (χ1) is 8.99. The van der Waals surface area contributed by atoms with Gasteiger partial charge in [0.05, 0.1) is 5.56 Å². The molecular formula is C15H14FNO2. The zero-order valence-corrected chi connectivity index (χ0v) is 10.7. The lowest BCUT2D eigenvalue weighted by molar-refractivity contribution is 0.0697. The highest BCUT2D eigenvalue weighted by molar-refractivity contribution is 5.96. The van der Waals surface area contributed by atoms with Crippen molar-refractivity contribution in [1.29, 1.82) is 0 Å². The van der Waals surface area contributed by atoms with Gasteiger partial charge < -0.3 is 10.0 Å². The number of rotatable bonds is 3. The van der Waals surface area contributed by atoms with Crippen LogP contribution in [0.1, 0.15) is 10.4 Å². The van der Waals surface area contributed by atoms with Gasteiger partial charge in [0, 0.05) is 19.8 Å². The van der Waals surface area contributed by atoms with Crippen molar-refractivity contribution in [2.75, 3.05) is 19.0 Å². The Labute approximate surface area is 110 Å². The SMILES string of the molecule is CN(C)c1ccc(-c2cc(F)ccc2C(=O)O)cc1. The fourth-order valence-corrected chi connectivity index (χ4v) is 1.88. The van der Waals surface area contributed by atoms with Crippen LogP contribution >= 0.6 is 0 Å². The summed E-state index contributed by atoms with van der Waals surface area (Å²) in [5.41, 5.74) is 2.16. The number of carboxylic acids is 1. The van der Waals surface area contributed by atoms with Crippen LogP contribution in [0.3, 0.4) is 0 Å². The molecule has 0 radical (unpaired) electrons. The lowest BCUT2D eigenvalue weighted by atomic mass is 9.99. The molecule has 2 aromatic carbocycles. The standard InChI is InChI=1S/C15H14FNO2/c1-17(2)12-6-3-10(4-7-12)14-9-11(16)5-8-13(14)15(18)19/h3-9H,1-2H3,(H,18,19). The number of hydrogen-bond acceptors (Lipinski definition) is 2. The van der Waals surface area contributed by atoms with Crippen molar-refractivity contribution in [3.63, 3.8) is 0 Å². The summed E-state index contributed by atoms with van der Waals surface area (Å²) in [4.78, 5) is 13.1. The zero-order chi connectivity index (χ0) is 14.0. The molecule has 0 heterocycles. The summed E-state index contributed by atoms with van der Waals surface area (Å²) in [6.07, 6.45) is 0. The van der Waals surface area contributed by atoms with Crippen LogP contribution in [0.15, 0.2) is 42.5 Å². The molecular weight excluding hydrogens is 245 g/mol. The van der Waals surface area contributed by atoms with E-state index in [0.717, 1.165) is 11.8 Å². The number of nitrogens with zero attached hydrogens (tertiary/aromatic N) is 1. The Bertz CT molecular complexity index is 606. The highest BCUT2D eigenvalue weighted by atomic mass is 19.1. The normalized spacial score (nSPS) is 10.3. The number of benzene rings is 2. The Morgan fingerprint density at radius 1 is 1.11 bits per heavy atom. The summed E-state index contributed by atoms with van der Waals surface area (Å²) in [5.74, 6) is -1.51. The predicted molar refractivity (Wildman–Crippen MR) is 73.1 cm³/mol. The average molecular weight is 259 g/mol. The maximum atomic E-state index is 13.3. The second kappa shape index (κ2) is 5.10. The smallest absolute Gasteiger partial charge is 0.336 e. The van der Waals surface area contributed by atoms with Crippen LogP contribution in [0, 0.1) is 5.82 Å². The van der Waals surface area contributed by atoms with Gasteiger partial charge in [-0.3, -0.25) is 0 Å². The molecule has 2 aromatic rings. The Morgan fingerprint density at radius 2 is 1.74 bits per heavy atom. The number of aromatic carboxylic acids is 1. The summed E-state index contributed by atoms with van der Waals surface area (Å²) >= 11 is 0. The van der Waals surface area contributed by atoms with Crippen molar-refractivity contribution in [2.45, 2.75) is 0 Å². The van der Waals surface area contributed by atoms with Gasteiger partial charge in [0.25, 0.3) is 0 Å². The van der Waals surface area contributed by atoms with Gasteiger partial charge in [0.1, 0.15) is 5.82 Å². The lowest BCUT2D eigenvalue weighted by Gasteiger charge is -2.13. The fraction of sp³-hybridized carbons (Fsp3) is 0.133. The minimum absolute atomic E-state index is 0.0963. The minimum atomic E-state index is -1.06. The van der Waals surface area contributed by atoms with E-state index in [1.807, 2.05) is 31.1 Å². The van der Waals surface area contributed by atoms with E-state index in [2.05, 4.69) is 0 Å². The molecule has 0 aromatic heterocycles. The molecule has 3 nitrogen and oxygen atoms in total. The number of hydrogen-bond donors (Lipinski definition) is 1. The highest BCUT2D eigenvalue weighted by Crippen LogP contribution is 2.26. The predicted octanol–water partition coefficient (Wildman–Crippen LogP) is 3.26. The largest absolute Gasteiger partial charge is 0.478 e. The first-order valence-corrected chi connectivity index (χ1v) is 5.79. The number of carbonyl (C=O) groups is 1. The Morgan fingerprint density at radius 3 is 2.26 bits per heavy atom. The molecule has 0 aliphatic heterocycles. The third-order valence-corrected chi connectivity index (χ3v) is 2.91. The second-order valence-electron chi connectivity index (χ2n) is 4.44. The Kier molecular flexibility index (Phi) is 3.51. The van der Waals surface area contributed by atoms with Crippen molar-refractivity contribution in [3.8, 4) is 11.1 Å². The van der Waals surface area contributed by atoms with Gasteiger partial charge in [-0.1, -0.05) is 12.1 Å². The molecule has 0 unspecified atom stereocenters. The molecule has 98 valence electrons. The van der Waals surface area contributed by atoms with Gasteiger partial charge >= 0.3 is 5.97 Å². The van der Waals surface area contributed by atoms with Gasteiger partial charge in [0.2, 0.25) is 0 Å². The monoisotopic (exact) mass is 259 g/mol. The van der Waals surface area contributed by atoms with Gasteiger partial charge in [-0.2, -0.15) is 0 Å². The van der Waals surface area contributed by atoms with E-state index in [1.165, 1.54) is 12.1 Å². The Hall–Kier alpha value is -2.36. The molecule has 0 atom stereocenters. The summed E-state index contributed by atoms with van der Waals surface area (Å²) in [5, 5.41) is 9.13. The van der Waals surface area contributed by atoms with Crippen LogP contribution in [-0.4, -0.2) is 25.2 Å². The van der Waals surface area contributed by atoms with Crippen molar-refractivity contribution in [2.24, 2.45) is 0 Å². The summed E-state index contributed by atoms with van der Waals surface area (Å²) in [6.45, 7) is 0. The Balaban J connectivity index is 2.51. The topological polar surface area (TPSA) is 40.5 Å². The van der Waals surface area contributed by atoms with Crippen molar-refractivity contribution in [3.05, 3.63) is 53.8 Å². The van der Waals surface area contributed by atoms with Crippen LogP contribution in [0.5, 0.6) is 0 Å². The van der Waals surface area contributed by atoms with E-state index in [-0.39, 0.29) is 5.56 Å².